The van der Waals surface area contributed by atoms with Gasteiger partial charge in [0, 0.05) is 29.9 Å². The van der Waals surface area contributed by atoms with Gasteiger partial charge in [-0.2, -0.15) is 0 Å². The van der Waals surface area contributed by atoms with E-state index in [2.05, 4.69) is 27.2 Å². The topological polar surface area (TPSA) is 101 Å². The third-order valence-corrected chi connectivity index (χ3v) is 6.56. The van der Waals surface area contributed by atoms with E-state index < -0.39 is 0 Å². The van der Waals surface area contributed by atoms with Gasteiger partial charge in [0.1, 0.15) is 0 Å². The summed E-state index contributed by atoms with van der Waals surface area (Å²) in [6.07, 6.45) is 10.2. The Kier molecular flexibility index (Phi) is 6.83. The number of amides is 1. The zero-order chi connectivity index (χ0) is 24.4. The number of fused-ring (bicyclic) bond motifs is 1. The lowest BCUT2D eigenvalue weighted by atomic mass is 10.0. The zero-order valence-electron chi connectivity index (χ0n) is 20.4. The molecule has 1 aliphatic heterocycles. The van der Waals surface area contributed by atoms with E-state index in [-0.39, 0.29) is 12.0 Å². The van der Waals surface area contributed by atoms with Crippen LogP contribution in [0, 0.1) is 6.92 Å². The van der Waals surface area contributed by atoms with E-state index in [1.54, 1.807) is 6.92 Å². The molecule has 2 aromatic heterocycles. The van der Waals surface area contributed by atoms with Crippen molar-refractivity contribution < 1.29 is 14.6 Å². The normalized spacial score (nSPS) is 16.7. The maximum Gasteiger partial charge on any atom is 0.251 e. The molecule has 3 N–H and O–H groups in total. The third-order valence-electron chi connectivity index (χ3n) is 6.56. The van der Waals surface area contributed by atoms with Crippen molar-refractivity contribution in [1.29, 1.82) is 0 Å². The molecular formula is C27H33N5O3. The summed E-state index contributed by atoms with van der Waals surface area (Å²) in [6, 6.07) is 6.27. The van der Waals surface area contributed by atoms with Gasteiger partial charge in [-0.05, 0) is 69.2 Å². The Bertz CT molecular complexity index is 1260. The first-order valence-electron chi connectivity index (χ1n) is 12.5. The van der Waals surface area contributed by atoms with Crippen LogP contribution in [0.5, 0.6) is 0 Å². The highest BCUT2D eigenvalue weighted by Crippen LogP contribution is 2.29. The molecule has 8 nitrogen and oxygen atoms in total. The standard InChI is InChI=1S/C27H33N5O3/c1-17-14-20(5-8-22(17)27(34)30-21-6-7-21)24-15-29-26-25(28-11-3-4-18(2)33)31-23(16-32(24)26)19-9-12-35-13-10-19/h5,8-9,14-16,18,21,33H,3-4,6-7,10-13H2,1-2H3,(H,28,31)(H,30,34). The second-order valence-electron chi connectivity index (χ2n) is 9.56. The van der Waals surface area contributed by atoms with Gasteiger partial charge in [-0.3, -0.25) is 9.20 Å². The van der Waals surface area contributed by atoms with Crippen molar-refractivity contribution in [3.05, 3.63) is 53.5 Å². The van der Waals surface area contributed by atoms with E-state index in [4.69, 9.17) is 14.7 Å². The van der Waals surface area contributed by atoms with Crippen molar-refractivity contribution in [3.63, 3.8) is 0 Å². The van der Waals surface area contributed by atoms with Gasteiger partial charge in [0.15, 0.2) is 11.5 Å². The lowest BCUT2D eigenvalue weighted by Gasteiger charge is -2.16. The van der Waals surface area contributed by atoms with Crippen LogP contribution in [0.2, 0.25) is 0 Å². The Labute approximate surface area is 205 Å². The van der Waals surface area contributed by atoms with E-state index >= 15 is 0 Å². The molecule has 1 atom stereocenters. The maximum atomic E-state index is 12.6. The van der Waals surface area contributed by atoms with Crippen molar-refractivity contribution in [2.24, 2.45) is 0 Å². The van der Waals surface area contributed by atoms with Crippen LogP contribution in [0.1, 0.15) is 60.6 Å². The molecule has 0 saturated heterocycles. The molecule has 184 valence electrons. The number of aromatic nitrogens is 3. The number of aryl methyl sites for hydroxylation is 1. The molecule has 3 aromatic rings. The van der Waals surface area contributed by atoms with Crippen LogP contribution in [0.4, 0.5) is 5.82 Å². The summed E-state index contributed by atoms with van der Waals surface area (Å²) in [5.74, 6) is 0.722. The minimum absolute atomic E-state index is 0.00341. The van der Waals surface area contributed by atoms with E-state index in [1.165, 1.54) is 0 Å². The summed E-state index contributed by atoms with van der Waals surface area (Å²) < 4.78 is 7.57. The lowest BCUT2D eigenvalue weighted by Crippen LogP contribution is -2.26. The molecule has 8 heteroatoms. The first-order valence-corrected chi connectivity index (χ1v) is 12.5. The van der Waals surface area contributed by atoms with Gasteiger partial charge >= 0.3 is 0 Å². The molecule has 3 heterocycles. The average molecular weight is 476 g/mol. The van der Waals surface area contributed by atoms with Crippen LogP contribution in [0.15, 0.2) is 36.7 Å². The minimum Gasteiger partial charge on any atom is -0.393 e. The number of nitrogens with one attached hydrogen (secondary N) is 2. The predicted molar refractivity (Wildman–Crippen MR) is 136 cm³/mol. The quantitative estimate of drug-likeness (QED) is 0.405. The smallest absolute Gasteiger partial charge is 0.251 e. The second kappa shape index (κ2) is 10.2. The van der Waals surface area contributed by atoms with Crippen LogP contribution in [-0.4, -0.2) is 57.3 Å². The van der Waals surface area contributed by atoms with E-state index in [9.17, 15) is 9.90 Å². The number of ether oxygens (including phenoxy) is 1. The van der Waals surface area contributed by atoms with E-state index in [0.717, 1.165) is 71.7 Å². The molecule has 35 heavy (non-hydrogen) atoms. The SMILES string of the molecule is Cc1cc(-c2cnc3c(NCCCC(C)O)nc(C4=CCOCC4)cn23)ccc1C(=O)NC1CC1. The van der Waals surface area contributed by atoms with Gasteiger partial charge in [-0.1, -0.05) is 12.1 Å². The van der Waals surface area contributed by atoms with Crippen molar-refractivity contribution in [3.8, 4) is 11.3 Å². The average Bonchev–Trinajstić information content (AvgIpc) is 3.56. The number of anilines is 1. The Morgan fingerprint density at radius 1 is 1.34 bits per heavy atom. The van der Waals surface area contributed by atoms with Crippen molar-refractivity contribution in [2.45, 2.75) is 58.1 Å². The zero-order valence-corrected chi connectivity index (χ0v) is 20.4. The fourth-order valence-corrected chi connectivity index (χ4v) is 4.41. The largest absolute Gasteiger partial charge is 0.393 e. The van der Waals surface area contributed by atoms with Crippen LogP contribution in [-0.2, 0) is 4.74 Å². The molecule has 1 fully saturated rings. The molecule has 0 radical (unpaired) electrons. The molecule has 0 bridgehead atoms. The van der Waals surface area contributed by atoms with Crippen molar-refractivity contribution in [2.75, 3.05) is 25.1 Å². The second-order valence-corrected chi connectivity index (χ2v) is 9.56. The maximum absolute atomic E-state index is 12.6. The Hall–Kier alpha value is -3.23. The third kappa shape index (κ3) is 5.39. The molecule has 1 unspecified atom stereocenters. The Morgan fingerprint density at radius 2 is 2.20 bits per heavy atom. The highest BCUT2D eigenvalue weighted by molar-refractivity contribution is 5.96. The minimum atomic E-state index is -0.320. The van der Waals surface area contributed by atoms with Crippen molar-refractivity contribution >= 4 is 22.9 Å². The number of hydrogen-bond donors (Lipinski definition) is 3. The molecule has 5 rings (SSSR count). The molecule has 1 amide bonds. The number of carbonyl (C=O) groups excluding carboxylic acids is 1. The number of rotatable bonds is 9. The number of benzene rings is 1. The number of aliphatic hydroxyl groups is 1. The number of imidazole rings is 1. The summed E-state index contributed by atoms with van der Waals surface area (Å²) >= 11 is 0. The number of nitrogens with zero attached hydrogens (tertiary/aromatic N) is 3. The van der Waals surface area contributed by atoms with Crippen LogP contribution >= 0.6 is 0 Å². The van der Waals surface area contributed by atoms with Gasteiger partial charge in [0.25, 0.3) is 5.91 Å². The first kappa shape index (κ1) is 23.5. The predicted octanol–water partition coefficient (Wildman–Crippen LogP) is 3.97. The Morgan fingerprint density at radius 3 is 2.91 bits per heavy atom. The molecule has 1 aliphatic carbocycles. The van der Waals surface area contributed by atoms with Crippen LogP contribution in [0.3, 0.4) is 0 Å². The summed E-state index contributed by atoms with van der Waals surface area (Å²) in [4.78, 5) is 22.2. The molecule has 0 spiro atoms. The number of carbonyl (C=O) groups is 1. The number of aliphatic hydroxyl groups excluding tert-OH is 1. The van der Waals surface area contributed by atoms with Gasteiger partial charge in [0.05, 0.1) is 36.9 Å². The lowest BCUT2D eigenvalue weighted by molar-refractivity contribution is 0.0950. The van der Waals surface area contributed by atoms with Crippen LogP contribution in [0.25, 0.3) is 22.5 Å². The van der Waals surface area contributed by atoms with Gasteiger partial charge in [-0.25, -0.2) is 9.97 Å². The van der Waals surface area contributed by atoms with Crippen molar-refractivity contribution in [1.82, 2.24) is 19.7 Å². The van der Waals surface area contributed by atoms with Gasteiger partial charge < -0.3 is 20.5 Å². The number of hydrogen-bond acceptors (Lipinski definition) is 6. The van der Waals surface area contributed by atoms with Gasteiger partial charge in [0.2, 0.25) is 0 Å². The molecule has 1 saturated carbocycles. The highest BCUT2D eigenvalue weighted by atomic mass is 16.5. The van der Waals surface area contributed by atoms with E-state index in [0.29, 0.717) is 31.4 Å². The summed E-state index contributed by atoms with van der Waals surface area (Å²) in [5.41, 5.74) is 6.40. The van der Waals surface area contributed by atoms with Crippen LogP contribution < -0.4 is 10.6 Å². The van der Waals surface area contributed by atoms with Gasteiger partial charge in [-0.15, -0.1) is 0 Å². The Balaban J connectivity index is 1.49. The fraction of sp³-hybridized carbons (Fsp3) is 0.444. The molecule has 2 aliphatic rings. The van der Waals surface area contributed by atoms with E-state index in [1.807, 2.05) is 31.5 Å². The highest BCUT2D eigenvalue weighted by Gasteiger charge is 2.24. The summed E-state index contributed by atoms with van der Waals surface area (Å²) in [5, 5.41) is 16.1. The monoisotopic (exact) mass is 475 g/mol. The summed E-state index contributed by atoms with van der Waals surface area (Å²) in [6.45, 7) is 5.75. The first-order chi connectivity index (χ1) is 17.0. The summed E-state index contributed by atoms with van der Waals surface area (Å²) in [7, 11) is 0. The molecule has 1 aromatic carbocycles. The fourth-order valence-electron chi connectivity index (χ4n) is 4.41. The molecular weight excluding hydrogens is 442 g/mol.